The lowest BCUT2D eigenvalue weighted by atomic mass is 10.0. The third-order valence-electron chi connectivity index (χ3n) is 4.94. The maximum atomic E-state index is 6.12. The van der Waals surface area contributed by atoms with Gasteiger partial charge in [-0.3, -0.25) is 14.6 Å². The smallest absolute Gasteiger partial charge is 0.191 e. The predicted molar refractivity (Wildman–Crippen MR) is 116 cm³/mol. The highest BCUT2D eigenvalue weighted by atomic mass is 35.5. The van der Waals surface area contributed by atoms with E-state index in [1.54, 1.807) is 0 Å². The van der Waals surface area contributed by atoms with Crippen LogP contribution in [0.15, 0.2) is 35.6 Å². The molecule has 3 rings (SSSR count). The molecule has 28 heavy (non-hydrogen) atoms. The van der Waals surface area contributed by atoms with Gasteiger partial charge in [-0.2, -0.15) is 5.10 Å². The third-order valence-corrected chi connectivity index (χ3v) is 5.68. The molecule has 152 valence electrons. The summed E-state index contributed by atoms with van der Waals surface area (Å²) in [5.74, 6) is 0.854. The summed E-state index contributed by atoms with van der Waals surface area (Å²) in [6, 6.07) is 6.31. The van der Waals surface area contributed by atoms with Gasteiger partial charge in [0.05, 0.1) is 22.8 Å². The van der Waals surface area contributed by atoms with Crippen molar-refractivity contribution in [1.29, 1.82) is 0 Å². The highest BCUT2D eigenvalue weighted by molar-refractivity contribution is 6.42. The van der Waals surface area contributed by atoms with Crippen molar-refractivity contribution in [2.75, 3.05) is 26.7 Å². The first-order valence-corrected chi connectivity index (χ1v) is 10.4. The second-order valence-electron chi connectivity index (χ2n) is 7.22. The van der Waals surface area contributed by atoms with Gasteiger partial charge in [0.25, 0.3) is 0 Å². The summed E-state index contributed by atoms with van der Waals surface area (Å²) in [5.41, 5.74) is 2.38. The molecule has 0 amide bonds. The van der Waals surface area contributed by atoms with E-state index in [9.17, 15) is 0 Å². The quantitative estimate of drug-likeness (QED) is 0.553. The number of rotatable bonds is 6. The molecule has 1 aromatic heterocycles. The molecular weight excluding hydrogens is 395 g/mol. The topological polar surface area (TPSA) is 57.5 Å². The molecule has 0 unspecified atom stereocenters. The molecule has 8 heteroatoms. The molecule has 1 fully saturated rings. The summed E-state index contributed by atoms with van der Waals surface area (Å²) < 4.78 is 1.94. The Hall–Kier alpha value is -1.76. The van der Waals surface area contributed by atoms with E-state index in [4.69, 9.17) is 23.2 Å². The second-order valence-corrected chi connectivity index (χ2v) is 8.04. The Kier molecular flexibility index (Phi) is 7.59. The molecule has 1 aliphatic heterocycles. The van der Waals surface area contributed by atoms with E-state index < -0.39 is 0 Å². The highest BCUT2D eigenvalue weighted by Gasteiger charge is 2.20. The first-order valence-electron chi connectivity index (χ1n) is 9.66. The number of nitrogens with zero attached hydrogens (tertiary/aromatic N) is 4. The number of hydrogen-bond acceptors (Lipinski definition) is 3. The molecule has 0 bridgehead atoms. The normalized spacial score (nSPS) is 16.4. The minimum absolute atomic E-state index is 0.434. The van der Waals surface area contributed by atoms with E-state index >= 15 is 0 Å². The number of halogens is 2. The molecule has 0 aliphatic carbocycles. The lowest BCUT2D eigenvalue weighted by molar-refractivity contribution is 0.198. The van der Waals surface area contributed by atoms with Crippen LogP contribution < -0.4 is 10.6 Å². The van der Waals surface area contributed by atoms with Gasteiger partial charge in [0.2, 0.25) is 0 Å². The number of guanidine groups is 1. The lowest BCUT2D eigenvalue weighted by Gasteiger charge is -2.33. The number of benzene rings is 1. The van der Waals surface area contributed by atoms with Crippen molar-refractivity contribution in [2.45, 2.75) is 38.9 Å². The average Bonchev–Trinajstić information content (AvgIpc) is 3.10. The molecule has 1 aliphatic rings. The van der Waals surface area contributed by atoms with Crippen molar-refractivity contribution in [2.24, 2.45) is 4.99 Å². The van der Waals surface area contributed by atoms with Crippen LogP contribution in [0.1, 0.15) is 24.0 Å². The molecule has 2 heterocycles. The van der Waals surface area contributed by atoms with E-state index in [0.717, 1.165) is 51.5 Å². The Labute approximate surface area is 176 Å². The zero-order valence-electron chi connectivity index (χ0n) is 16.5. The van der Waals surface area contributed by atoms with Crippen LogP contribution >= 0.6 is 23.2 Å². The summed E-state index contributed by atoms with van der Waals surface area (Å²) in [4.78, 5) is 6.80. The summed E-state index contributed by atoms with van der Waals surface area (Å²) in [7, 11) is 1.81. The maximum absolute atomic E-state index is 6.12. The van der Waals surface area contributed by atoms with Crippen LogP contribution in [0, 0.1) is 6.92 Å². The fraction of sp³-hybridized carbons (Fsp3) is 0.500. The van der Waals surface area contributed by atoms with Gasteiger partial charge in [-0.05, 0) is 43.0 Å². The van der Waals surface area contributed by atoms with E-state index in [1.165, 1.54) is 11.1 Å². The van der Waals surface area contributed by atoms with Crippen LogP contribution in [0.25, 0.3) is 0 Å². The van der Waals surface area contributed by atoms with Crippen molar-refractivity contribution in [3.05, 3.63) is 51.8 Å². The van der Waals surface area contributed by atoms with Crippen LogP contribution in [0.4, 0.5) is 0 Å². The van der Waals surface area contributed by atoms with E-state index in [0.29, 0.717) is 16.1 Å². The SMILES string of the molecule is CN=C(NCCn1cc(C)cn1)NC1CCN(Cc2ccc(Cl)c(Cl)c2)CC1. The van der Waals surface area contributed by atoms with Gasteiger partial charge in [0.1, 0.15) is 0 Å². The van der Waals surface area contributed by atoms with E-state index in [-0.39, 0.29) is 0 Å². The molecule has 1 saturated heterocycles. The summed E-state index contributed by atoms with van der Waals surface area (Å²) in [6.07, 6.45) is 6.08. The molecule has 0 atom stereocenters. The number of nitrogens with one attached hydrogen (secondary N) is 2. The Morgan fingerprint density at radius 3 is 2.68 bits per heavy atom. The Morgan fingerprint density at radius 1 is 1.25 bits per heavy atom. The van der Waals surface area contributed by atoms with Crippen LogP contribution in [-0.2, 0) is 13.1 Å². The van der Waals surface area contributed by atoms with Gasteiger partial charge < -0.3 is 10.6 Å². The van der Waals surface area contributed by atoms with E-state index in [2.05, 4.69) is 25.6 Å². The molecule has 6 nitrogen and oxygen atoms in total. The zero-order valence-corrected chi connectivity index (χ0v) is 18.0. The summed E-state index contributed by atoms with van der Waals surface area (Å²) in [5, 5.41) is 12.4. The molecule has 0 radical (unpaired) electrons. The van der Waals surface area contributed by atoms with Gasteiger partial charge in [-0.1, -0.05) is 29.3 Å². The van der Waals surface area contributed by atoms with Gasteiger partial charge in [-0.25, -0.2) is 0 Å². The molecule has 1 aromatic carbocycles. The van der Waals surface area contributed by atoms with Crippen LogP contribution in [-0.4, -0.2) is 53.4 Å². The van der Waals surface area contributed by atoms with Crippen LogP contribution in [0.5, 0.6) is 0 Å². The lowest BCUT2D eigenvalue weighted by Crippen LogP contribution is -2.49. The van der Waals surface area contributed by atoms with Gasteiger partial charge in [0, 0.05) is 45.5 Å². The van der Waals surface area contributed by atoms with Crippen molar-refractivity contribution >= 4 is 29.2 Å². The van der Waals surface area contributed by atoms with Crippen LogP contribution in [0.2, 0.25) is 10.0 Å². The fourth-order valence-electron chi connectivity index (χ4n) is 3.40. The number of hydrogen-bond donors (Lipinski definition) is 2. The highest BCUT2D eigenvalue weighted by Crippen LogP contribution is 2.24. The zero-order chi connectivity index (χ0) is 19.9. The molecule has 0 saturated carbocycles. The van der Waals surface area contributed by atoms with Crippen molar-refractivity contribution in [3.8, 4) is 0 Å². The fourth-order valence-corrected chi connectivity index (χ4v) is 3.72. The van der Waals surface area contributed by atoms with Crippen molar-refractivity contribution in [1.82, 2.24) is 25.3 Å². The Bertz CT molecular complexity index is 796. The van der Waals surface area contributed by atoms with Gasteiger partial charge in [0.15, 0.2) is 5.96 Å². The first-order chi connectivity index (χ1) is 13.5. The number of piperidine rings is 1. The number of aryl methyl sites for hydroxylation is 1. The predicted octanol–water partition coefficient (Wildman–Crippen LogP) is 3.33. The minimum Gasteiger partial charge on any atom is -0.355 e. The first kappa shape index (κ1) is 21.0. The Morgan fingerprint density at radius 2 is 2.04 bits per heavy atom. The van der Waals surface area contributed by atoms with E-state index in [1.807, 2.05) is 49.2 Å². The minimum atomic E-state index is 0.434. The number of aromatic nitrogens is 2. The van der Waals surface area contributed by atoms with Gasteiger partial charge >= 0.3 is 0 Å². The molecule has 2 N–H and O–H groups in total. The molecule has 0 spiro atoms. The Balaban J connectivity index is 1.39. The largest absolute Gasteiger partial charge is 0.355 e. The molecule has 2 aromatic rings. The maximum Gasteiger partial charge on any atom is 0.191 e. The third kappa shape index (κ3) is 6.12. The van der Waals surface area contributed by atoms with Crippen molar-refractivity contribution < 1.29 is 0 Å². The van der Waals surface area contributed by atoms with Crippen molar-refractivity contribution in [3.63, 3.8) is 0 Å². The number of aliphatic imine (C=N–C) groups is 1. The van der Waals surface area contributed by atoms with Gasteiger partial charge in [-0.15, -0.1) is 0 Å². The average molecular weight is 423 g/mol. The summed E-state index contributed by atoms with van der Waals surface area (Å²) in [6.45, 7) is 6.64. The standard InChI is InChI=1S/C20H28Cl2N6/c1-15-12-25-28(13-15)10-7-24-20(23-2)26-17-5-8-27(9-6-17)14-16-3-4-18(21)19(22)11-16/h3-4,11-13,17H,5-10,14H2,1-2H3,(H2,23,24,26). The number of likely N-dealkylation sites (tertiary alicyclic amines) is 1. The monoisotopic (exact) mass is 422 g/mol. The summed E-state index contributed by atoms with van der Waals surface area (Å²) >= 11 is 12.1. The van der Waals surface area contributed by atoms with Crippen LogP contribution in [0.3, 0.4) is 0 Å². The second kappa shape index (κ2) is 10.1. The molecular formula is C20H28Cl2N6.